The summed E-state index contributed by atoms with van der Waals surface area (Å²) < 4.78 is 2.96. The third-order valence-corrected chi connectivity index (χ3v) is 4.89. The molecule has 1 atom stereocenters. The maximum atomic E-state index is 12.6. The minimum absolute atomic E-state index is 0.158. The zero-order valence-corrected chi connectivity index (χ0v) is 15.1. The van der Waals surface area contributed by atoms with Crippen LogP contribution in [0.2, 0.25) is 0 Å². The van der Waals surface area contributed by atoms with Crippen LogP contribution in [-0.2, 0) is 11.8 Å². The molecule has 3 heterocycles. The molecule has 0 aliphatic rings. The second-order valence-electron chi connectivity index (χ2n) is 6.01. The highest BCUT2D eigenvalue weighted by Crippen LogP contribution is 2.24. The van der Waals surface area contributed by atoms with Crippen LogP contribution in [0.15, 0.2) is 52.5 Å². The molecule has 1 amide bonds. The van der Waals surface area contributed by atoms with Crippen molar-refractivity contribution in [1.29, 1.82) is 0 Å². The largest absolute Gasteiger partial charge is 0.326 e. The number of fused-ring (bicyclic) bond motifs is 1. The van der Waals surface area contributed by atoms with Gasteiger partial charge in [0.1, 0.15) is 6.33 Å². The smallest absolute Gasteiger partial charge is 0.260 e. The minimum atomic E-state index is -0.304. The third-order valence-electron chi connectivity index (χ3n) is 4.19. The first-order valence-corrected chi connectivity index (χ1v) is 9.06. The number of amides is 1. The number of nitrogens with one attached hydrogen (secondary N) is 1. The fraction of sp³-hybridized carbons (Fsp3) is 0.176. The molecule has 0 bridgehead atoms. The van der Waals surface area contributed by atoms with Crippen LogP contribution in [0.5, 0.6) is 0 Å². The summed E-state index contributed by atoms with van der Waals surface area (Å²) in [6.07, 6.45) is 3.12. The maximum Gasteiger partial charge on any atom is 0.260 e. The number of nitrogens with zero attached hydrogens (tertiary/aromatic N) is 6. The average molecular weight is 381 g/mol. The summed E-state index contributed by atoms with van der Waals surface area (Å²) in [5, 5.41) is 18.4. The number of hydrogen-bond acceptors (Lipinski definition) is 7. The number of aromatic nitrogens is 6. The summed E-state index contributed by atoms with van der Waals surface area (Å²) in [6.45, 7) is 0. The van der Waals surface area contributed by atoms with Gasteiger partial charge in [-0.05, 0) is 51.0 Å². The van der Waals surface area contributed by atoms with Crippen molar-refractivity contribution in [2.24, 2.45) is 7.05 Å². The Kier molecular flexibility index (Phi) is 4.47. The highest BCUT2D eigenvalue weighted by molar-refractivity contribution is 7.08. The number of tetrazole rings is 1. The van der Waals surface area contributed by atoms with E-state index in [1.807, 2.05) is 16.8 Å². The Morgan fingerprint density at radius 3 is 2.93 bits per heavy atom. The number of hydrogen-bond donors (Lipinski definition) is 1. The molecule has 9 nitrogen and oxygen atoms in total. The fourth-order valence-corrected chi connectivity index (χ4v) is 3.52. The molecule has 0 saturated heterocycles. The van der Waals surface area contributed by atoms with Crippen molar-refractivity contribution in [2.75, 3.05) is 5.32 Å². The Bertz CT molecular complexity index is 1100. The molecule has 0 spiro atoms. The van der Waals surface area contributed by atoms with Crippen molar-refractivity contribution < 1.29 is 4.79 Å². The second-order valence-corrected chi connectivity index (χ2v) is 6.79. The topological polar surface area (TPSA) is 108 Å². The molecule has 4 rings (SSSR count). The van der Waals surface area contributed by atoms with E-state index in [0.29, 0.717) is 16.6 Å². The van der Waals surface area contributed by atoms with Crippen molar-refractivity contribution in [3.05, 3.63) is 63.6 Å². The van der Waals surface area contributed by atoms with Gasteiger partial charge in [-0.3, -0.25) is 9.59 Å². The summed E-state index contributed by atoms with van der Waals surface area (Å²) in [7, 11) is 1.64. The van der Waals surface area contributed by atoms with E-state index in [2.05, 4.69) is 25.8 Å². The van der Waals surface area contributed by atoms with E-state index in [1.54, 1.807) is 41.3 Å². The number of rotatable bonds is 5. The van der Waals surface area contributed by atoms with Gasteiger partial charge in [0.15, 0.2) is 0 Å². The second kappa shape index (κ2) is 7.08. The molecular weight excluding hydrogens is 366 g/mol. The first-order chi connectivity index (χ1) is 13.1. The standard InChI is InChI=1S/C17H15N7O2S/c1-23-9-18-14-3-2-12(6-13(14)17(23)26)20-16(25)7-15(11-4-5-27-8-11)24-10-19-21-22-24/h2-6,8-10,15H,7H2,1H3,(H,20,25)/t15-/m1/s1. The summed E-state index contributed by atoms with van der Waals surface area (Å²) in [6, 6.07) is 6.71. The molecule has 0 aliphatic heterocycles. The summed E-state index contributed by atoms with van der Waals surface area (Å²) >= 11 is 1.54. The Morgan fingerprint density at radius 2 is 2.19 bits per heavy atom. The highest BCUT2D eigenvalue weighted by Gasteiger charge is 2.20. The van der Waals surface area contributed by atoms with Crippen molar-refractivity contribution >= 4 is 33.8 Å². The zero-order chi connectivity index (χ0) is 18.8. The lowest BCUT2D eigenvalue weighted by atomic mass is 10.1. The van der Waals surface area contributed by atoms with Crippen molar-refractivity contribution in [3.63, 3.8) is 0 Å². The molecule has 27 heavy (non-hydrogen) atoms. The zero-order valence-electron chi connectivity index (χ0n) is 14.3. The highest BCUT2D eigenvalue weighted by atomic mass is 32.1. The molecule has 3 aromatic heterocycles. The predicted octanol–water partition coefficient (Wildman–Crippen LogP) is 1.60. The fourth-order valence-electron chi connectivity index (χ4n) is 2.82. The molecule has 0 unspecified atom stereocenters. The normalized spacial score (nSPS) is 12.2. The number of aryl methyl sites for hydroxylation is 1. The van der Waals surface area contributed by atoms with Crippen LogP contribution in [0.3, 0.4) is 0 Å². The van der Waals surface area contributed by atoms with Gasteiger partial charge in [-0.15, -0.1) is 5.10 Å². The minimum Gasteiger partial charge on any atom is -0.326 e. The molecule has 136 valence electrons. The molecule has 0 fully saturated rings. The predicted molar refractivity (Wildman–Crippen MR) is 101 cm³/mol. The molecule has 0 radical (unpaired) electrons. The number of anilines is 1. The lowest BCUT2D eigenvalue weighted by Crippen LogP contribution is -2.21. The lowest BCUT2D eigenvalue weighted by Gasteiger charge is -2.15. The van der Waals surface area contributed by atoms with Gasteiger partial charge in [-0.25, -0.2) is 9.67 Å². The third kappa shape index (κ3) is 3.47. The van der Waals surface area contributed by atoms with Gasteiger partial charge < -0.3 is 9.88 Å². The number of thiophene rings is 1. The quantitative estimate of drug-likeness (QED) is 0.563. The van der Waals surface area contributed by atoms with Crippen molar-refractivity contribution in [2.45, 2.75) is 12.5 Å². The molecule has 1 N–H and O–H groups in total. The van der Waals surface area contributed by atoms with Gasteiger partial charge in [-0.1, -0.05) is 0 Å². The molecule has 0 aliphatic carbocycles. The van der Waals surface area contributed by atoms with Crippen LogP contribution in [0.4, 0.5) is 5.69 Å². The number of carbonyl (C=O) groups excluding carboxylic acids is 1. The van der Waals surface area contributed by atoms with Crippen molar-refractivity contribution in [1.82, 2.24) is 29.8 Å². The molecule has 1 aromatic carbocycles. The monoisotopic (exact) mass is 381 g/mol. The van der Waals surface area contributed by atoms with E-state index in [1.165, 1.54) is 17.2 Å². The Balaban J connectivity index is 1.57. The van der Waals surface area contributed by atoms with Gasteiger partial charge in [0.2, 0.25) is 5.91 Å². The maximum absolute atomic E-state index is 12.6. The van der Waals surface area contributed by atoms with Crippen LogP contribution in [0.25, 0.3) is 10.9 Å². The number of benzene rings is 1. The summed E-state index contributed by atoms with van der Waals surface area (Å²) in [5.41, 5.74) is 1.92. The first kappa shape index (κ1) is 17.0. The van der Waals surface area contributed by atoms with E-state index in [0.717, 1.165) is 5.56 Å². The van der Waals surface area contributed by atoms with Gasteiger partial charge in [0, 0.05) is 12.7 Å². The van der Waals surface area contributed by atoms with E-state index >= 15 is 0 Å². The van der Waals surface area contributed by atoms with Gasteiger partial charge in [0.25, 0.3) is 5.56 Å². The van der Waals surface area contributed by atoms with Crippen LogP contribution in [-0.4, -0.2) is 35.7 Å². The Hall–Kier alpha value is -3.40. The van der Waals surface area contributed by atoms with Gasteiger partial charge in [-0.2, -0.15) is 11.3 Å². The summed E-state index contributed by atoms with van der Waals surface area (Å²) in [5.74, 6) is -0.207. The SMILES string of the molecule is Cn1cnc2ccc(NC(=O)C[C@H](c3ccsc3)n3cnnn3)cc2c1=O. The number of carbonyl (C=O) groups is 1. The van der Waals surface area contributed by atoms with Crippen LogP contribution in [0, 0.1) is 0 Å². The van der Waals surface area contributed by atoms with Gasteiger partial charge in [0.05, 0.1) is 29.7 Å². The molecule has 10 heteroatoms. The van der Waals surface area contributed by atoms with Gasteiger partial charge >= 0.3 is 0 Å². The Morgan fingerprint density at radius 1 is 1.30 bits per heavy atom. The van der Waals surface area contributed by atoms with Crippen LogP contribution >= 0.6 is 11.3 Å². The van der Waals surface area contributed by atoms with E-state index in [-0.39, 0.29) is 23.9 Å². The lowest BCUT2D eigenvalue weighted by molar-refractivity contribution is -0.116. The average Bonchev–Trinajstić information content (AvgIpc) is 3.37. The van der Waals surface area contributed by atoms with E-state index in [4.69, 9.17) is 0 Å². The molecular formula is C17H15N7O2S. The first-order valence-electron chi connectivity index (χ1n) is 8.11. The van der Waals surface area contributed by atoms with E-state index < -0.39 is 0 Å². The van der Waals surface area contributed by atoms with Crippen LogP contribution < -0.4 is 10.9 Å². The summed E-state index contributed by atoms with van der Waals surface area (Å²) in [4.78, 5) is 29.1. The molecule has 0 saturated carbocycles. The van der Waals surface area contributed by atoms with Crippen LogP contribution in [0.1, 0.15) is 18.0 Å². The molecule has 4 aromatic rings. The van der Waals surface area contributed by atoms with Crippen molar-refractivity contribution in [3.8, 4) is 0 Å². The van der Waals surface area contributed by atoms with E-state index in [9.17, 15) is 9.59 Å². The Labute approximate surface area is 157 Å².